The number of nitriles is 1. The lowest BCUT2D eigenvalue weighted by atomic mass is 10.1. The predicted molar refractivity (Wildman–Crippen MR) is 104 cm³/mol. The first-order valence-electron chi connectivity index (χ1n) is 7.16. The van der Waals surface area contributed by atoms with Gasteiger partial charge in [0, 0.05) is 22.6 Å². The van der Waals surface area contributed by atoms with E-state index in [9.17, 15) is 14.9 Å². The molecule has 5 nitrogen and oxygen atoms in total. The molecule has 0 aromatic heterocycles. The van der Waals surface area contributed by atoms with E-state index in [-0.39, 0.29) is 16.3 Å². The number of esters is 1. The minimum Gasteiger partial charge on any atom is -0.426 e. The van der Waals surface area contributed by atoms with E-state index in [0.717, 1.165) is 0 Å². The zero-order chi connectivity index (χ0) is 19.3. The zero-order valence-corrected chi connectivity index (χ0v) is 16.4. The number of nitrogens with zero attached hydrogens (tertiary/aromatic N) is 1. The molecule has 0 saturated heterocycles. The third-order valence-corrected chi connectivity index (χ3v) is 4.30. The Hall–Kier alpha value is -2.33. The Balaban J connectivity index is 2.33. The Labute approximate surface area is 168 Å². The standard InChI is InChI=1S/C18H11BrCl2N2O3/c1-10(24)26-17-5-2-13(19)7-11(17)6-12(9-22)18(25)23-14-3-4-15(20)16(21)8-14/h2-8H,1H3,(H,23,25)/b12-6-. The molecule has 0 unspecified atom stereocenters. The number of hydrogen-bond donors (Lipinski definition) is 1. The van der Waals surface area contributed by atoms with Crippen molar-refractivity contribution < 1.29 is 14.3 Å². The van der Waals surface area contributed by atoms with Gasteiger partial charge in [0.05, 0.1) is 10.0 Å². The largest absolute Gasteiger partial charge is 0.426 e. The first-order chi connectivity index (χ1) is 12.3. The molecule has 0 aliphatic rings. The Morgan fingerprint density at radius 1 is 1.19 bits per heavy atom. The lowest BCUT2D eigenvalue weighted by Gasteiger charge is -2.08. The summed E-state index contributed by atoms with van der Waals surface area (Å²) in [4.78, 5) is 23.6. The van der Waals surface area contributed by atoms with Crippen molar-refractivity contribution in [3.05, 3.63) is 62.1 Å². The topological polar surface area (TPSA) is 79.2 Å². The van der Waals surface area contributed by atoms with Crippen LogP contribution in [0, 0.1) is 11.3 Å². The van der Waals surface area contributed by atoms with Crippen molar-refractivity contribution in [2.45, 2.75) is 6.92 Å². The molecular weight excluding hydrogens is 443 g/mol. The monoisotopic (exact) mass is 452 g/mol. The van der Waals surface area contributed by atoms with E-state index in [4.69, 9.17) is 27.9 Å². The van der Waals surface area contributed by atoms with Crippen LogP contribution >= 0.6 is 39.1 Å². The number of hydrogen-bond acceptors (Lipinski definition) is 4. The van der Waals surface area contributed by atoms with E-state index >= 15 is 0 Å². The number of carbonyl (C=O) groups is 2. The second-order valence-electron chi connectivity index (χ2n) is 5.03. The molecule has 0 fully saturated rings. The lowest BCUT2D eigenvalue weighted by molar-refractivity contribution is -0.131. The second kappa shape index (κ2) is 8.86. The molecule has 2 rings (SSSR count). The predicted octanol–water partition coefficient (Wildman–Crippen LogP) is 5.23. The highest BCUT2D eigenvalue weighted by Gasteiger charge is 2.13. The van der Waals surface area contributed by atoms with Gasteiger partial charge in [-0.15, -0.1) is 0 Å². The summed E-state index contributed by atoms with van der Waals surface area (Å²) >= 11 is 15.0. The third-order valence-electron chi connectivity index (χ3n) is 3.07. The number of benzene rings is 2. The molecule has 0 aliphatic heterocycles. The van der Waals surface area contributed by atoms with Crippen molar-refractivity contribution in [3.8, 4) is 11.8 Å². The number of ether oxygens (including phenoxy) is 1. The fourth-order valence-electron chi connectivity index (χ4n) is 1.96. The average Bonchev–Trinajstić information content (AvgIpc) is 2.57. The molecule has 2 aromatic carbocycles. The van der Waals surface area contributed by atoms with E-state index < -0.39 is 11.9 Å². The van der Waals surface area contributed by atoms with Crippen LogP contribution in [0.3, 0.4) is 0 Å². The van der Waals surface area contributed by atoms with Gasteiger partial charge < -0.3 is 10.1 Å². The van der Waals surface area contributed by atoms with Crippen molar-refractivity contribution in [1.29, 1.82) is 5.26 Å². The summed E-state index contributed by atoms with van der Waals surface area (Å²) in [6, 6.07) is 11.3. The summed E-state index contributed by atoms with van der Waals surface area (Å²) in [5.41, 5.74) is 0.609. The highest BCUT2D eigenvalue weighted by atomic mass is 79.9. The van der Waals surface area contributed by atoms with Crippen LogP contribution in [-0.2, 0) is 9.59 Å². The molecule has 0 radical (unpaired) electrons. The van der Waals surface area contributed by atoms with Gasteiger partial charge in [0.2, 0.25) is 0 Å². The van der Waals surface area contributed by atoms with Gasteiger partial charge in [-0.1, -0.05) is 39.1 Å². The highest BCUT2D eigenvalue weighted by Crippen LogP contribution is 2.27. The number of carbonyl (C=O) groups excluding carboxylic acids is 2. The fraction of sp³-hybridized carbons (Fsp3) is 0.0556. The highest BCUT2D eigenvalue weighted by molar-refractivity contribution is 9.10. The number of anilines is 1. The van der Waals surface area contributed by atoms with Crippen LogP contribution in [0.4, 0.5) is 5.69 Å². The minimum atomic E-state index is -0.639. The molecular formula is C18H11BrCl2N2O3. The van der Waals surface area contributed by atoms with Crippen molar-refractivity contribution in [2.75, 3.05) is 5.32 Å². The van der Waals surface area contributed by atoms with Crippen LogP contribution in [0.5, 0.6) is 5.75 Å². The van der Waals surface area contributed by atoms with Gasteiger partial charge in [0.25, 0.3) is 5.91 Å². The van der Waals surface area contributed by atoms with Crippen LogP contribution in [0.2, 0.25) is 10.0 Å². The molecule has 1 amide bonds. The van der Waals surface area contributed by atoms with E-state index in [1.807, 2.05) is 6.07 Å². The number of halogens is 3. The maximum absolute atomic E-state index is 12.4. The third kappa shape index (κ3) is 5.33. The summed E-state index contributed by atoms with van der Waals surface area (Å²) in [7, 11) is 0. The maximum atomic E-state index is 12.4. The van der Waals surface area contributed by atoms with Crippen LogP contribution in [-0.4, -0.2) is 11.9 Å². The molecule has 26 heavy (non-hydrogen) atoms. The first kappa shape index (κ1) is 20.0. The van der Waals surface area contributed by atoms with Crippen molar-refractivity contribution >= 4 is 62.8 Å². The van der Waals surface area contributed by atoms with Crippen molar-refractivity contribution in [3.63, 3.8) is 0 Å². The molecule has 0 spiro atoms. The molecule has 0 aliphatic carbocycles. The van der Waals surface area contributed by atoms with Gasteiger partial charge in [-0.25, -0.2) is 0 Å². The van der Waals surface area contributed by atoms with Gasteiger partial charge >= 0.3 is 5.97 Å². The van der Waals surface area contributed by atoms with Gasteiger partial charge in [-0.05, 0) is 42.5 Å². The van der Waals surface area contributed by atoms with Crippen molar-refractivity contribution in [2.24, 2.45) is 0 Å². The summed E-state index contributed by atoms with van der Waals surface area (Å²) in [6.45, 7) is 1.26. The maximum Gasteiger partial charge on any atom is 0.308 e. The van der Waals surface area contributed by atoms with E-state index in [0.29, 0.717) is 20.7 Å². The summed E-state index contributed by atoms with van der Waals surface area (Å²) in [5, 5.41) is 12.5. The van der Waals surface area contributed by atoms with E-state index in [1.54, 1.807) is 24.3 Å². The zero-order valence-electron chi connectivity index (χ0n) is 13.3. The lowest BCUT2D eigenvalue weighted by Crippen LogP contribution is -2.13. The molecule has 8 heteroatoms. The molecule has 0 atom stereocenters. The molecule has 1 N–H and O–H groups in total. The molecule has 0 saturated carbocycles. The van der Waals surface area contributed by atoms with E-state index in [2.05, 4.69) is 21.2 Å². The summed E-state index contributed by atoms with van der Waals surface area (Å²) in [6.07, 6.45) is 1.33. The Bertz CT molecular complexity index is 952. The quantitative estimate of drug-likeness (QED) is 0.297. The van der Waals surface area contributed by atoms with Crippen LogP contribution in [0.1, 0.15) is 12.5 Å². The van der Waals surface area contributed by atoms with Gasteiger partial charge in [0.15, 0.2) is 0 Å². The van der Waals surface area contributed by atoms with Crippen LogP contribution < -0.4 is 10.1 Å². The summed E-state index contributed by atoms with van der Waals surface area (Å²) < 4.78 is 5.79. The van der Waals surface area contributed by atoms with Crippen molar-refractivity contribution in [1.82, 2.24) is 0 Å². The normalized spacial score (nSPS) is 10.8. The van der Waals surface area contributed by atoms with Gasteiger partial charge in [-0.3, -0.25) is 9.59 Å². The number of nitrogens with one attached hydrogen (secondary N) is 1. The molecule has 0 heterocycles. The van der Waals surface area contributed by atoms with Gasteiger partial charge in [0.1, 0.15) is 17.4 Å². The SMILES string of the molecule is CC(=O)Oc1ccc(Br)cc1/C=C(/C#N)C(=O)Nc1ccc(Cl)c(Cl)c1. The smallest absolute Gasteiger partial charge is 0.308 e. The molecule has 132 valence electrons. The Kier molecular flexibility index (Phi) is 6.81. The first-order valence-corrected chi connectivity index (χ1v) is 8.71. The fourth-order valence-corrected chi connectivity index (χ4v) is 2.63. The van der Waals surface area contributed by atoms with Crippen LogP contribution in [0.25, 0.3) is 6.08 Å². The Morgan fingerprint density at radius 3 is 2.54 bits per heavy atom. The molecule has 2 aromatic rings. The minimum absolute atomic E-state index is 0.178. The van der Waals surface area contributed by atoms with E-state index in [1.165, 1.54) is 25.1 Å². The molecule has 0 bridgehead atoms. The average molecular weight is 454 g/mol. The number of amides is 1. The Morgan fingerprint density at radius 2 is 1.92 bits per heavy atom. The summed E-state index contributed by atoms with van der Waals surface area (Å²) in [5.74, 6) is -0.920. The van der Waals surface area contributed by atoms with Crippen LogP contribution in [0.15, 0.2) is 46.4 Å². The number of rotatable bonds is 4. The van der Waals surface area contributed by atoms with Gasteiger partial charge in [-0.2, -0.15) is 5.26 Å². The second-order valence-corrected chi connectivity index (χ2v) is 6.76.